The number of nitrogens with zero attached hydrogens (tertiary/aromatic N) is 2. The van der Waals surface area contributed by atoms with Crippen LogP contribution in [-0.2, 0) is 9.84 Å². The predicted molar refractivity (Wildman–Crippen MR) is 92.1 cm³/mol. The maximum absolute atomic E-state index is 11.4. The number of nitrogens with one attached hydrogen (secondary N) is 2. The molecule has 6 nitrogen and oxygen atoms in total. The van der Waals surface area contributed by atoms with E-state index < -0.39 is 9.84 Å². The minimum Gasteiger partial charge on any atom is -0.355 e. The van der Waals surface area contributed by atoms with E-state index in [0.717, 1.165) is 25.6 Å². The summed E-state index contributed by atoms with van der Waals surface area (Å²) in [5, 5.41) is 6.59. The SMILES string of the molecule is CN=C(NCCN1CCS(=O)(=O)CC1)NCC(C)(C)SC. The van der Waals surface area contributed by atoms with Crippen LogP contribution in [0.3, 0.4) is 0 Å². The number of guanidine groups is 1. The molecule has 1 saturated heterocycles. The maximum Gasteiger partial charge on any atom is 0.191 e. The monoisotopic (exact) mass is 336 g/mol. The largest absolute Gasteiger partial charge is 0.355 e. The summed E-state index contributed by atoms with van der Waals surface area (Å²) < 4.78 is 22.9. The van der Waals surface area contributed by atoms with E-state index in [2.05, 4.69) is 40.6 Å². The van der Waals surface area contributed by atoms with Crippen LogP contribution in [0.5, 0.6) is 0 Å². The van der Waals surface area contributed by atoms with E-state index >= 15 is 0 Å². The van der Waals surface area contributed by atoms with Gasteiger partial charge in [-0.25, -0.2) is 8.42 Å². The molecule has 0 aromatic heterocycles. The Balaban J connectivity index is 2.24. The van der Waals surface area contributed by atoms with Gasteiger partial charge in [0, 0.05) is 44.5 Å². The third kappa shape index (κ3) is 7.37. The molecule has 1 aliphatic rings. The van der Waals surface area contributed by atoms with E-state index in [1.807, 2.05) is 11.8 Å². The summed E-state index contributed by atoms with van der Waals surface area (Å²) in [7, 11) is -1.03. The van der Waals surface area contributed by atoms with Crippen molar-refractivity contribution in [2.75, 3.05) is 57.5 Å². The summed E-state index contributed by atoms with van der Waals surface area (Å²) in [6.45, 7) is 8.08. The van der Waals surface area contributed by atoms with Crippen molar-refractivity contribution in [3.63, 3.8) is 0 Å². The van der Waals surface area contributed by atoms with Crippen molar-refractivity contribution < 1.29 is 8.42 Å². The lowest BCUT2D eigenvalue weighted by Gasteiger charge is -2.27. The van der Waals surface area contributed by atoms with Gasteiger partial charge in [-0.1, -0.05) is 0 Å². The zero-order chi connectivity index (χ0) is 15.9. The number of rotatable bonds is 6. The molecular formula is C13H28N4O2S2. The van der Waals surface area contributed by atoms with Gasteiger partial charge in [0.25, 0.3) is 0 Å². The van der Waals surface area contributed by atoms with E-state index in [0.29, 0.717) is 13.1 Å². The Morgan fingerprint density at radius 3 is 2.43 bits per heavy atom. The Morgan fingerprint density at radius 1 is 1.29 bits per heavy atom. The van der Waals surface area contributed by atoms with Crippen molar-refractivity contribution in [2.45, 2.75) is 18.6 Å². The predicted octanol–water partition coefficient (Wildman–Crippen LogP) is 0.0234. The first-order valence-electron chi connectivity index (χ1n) is 7.20. The summed E-state index contributed by atoms with van der Waals surface area (Å²) in [4.78, 5) is 6.38. The summed E-state index contributed by atoms with van der Waals surface area (Å²) in [6, 6.07) is 0. The van der Waals surface area contributed by atoms with Crippen molar-refractivity contribution in [3.8, 4) is 0 Å². The van der Waals surface area contributed by atoms with Crippen LogP contribution in [0.15, 0.2) is 4.99 Å². The van der Waals surface area contributed by atoms with Crippen molar-refractivity contribution in [2.24, 2.45) is 4.99 Å². The highest BCUT2D eigenvalue weighted by Gasteiger charge is 2.21. The molecule has 1 aliphatic heterocycles. The molecule has 0 radical (unpaired) electrons. The molecule has 0 unspecified atom stereocenters. The van der Waals surface area contributed by atoms with Crippen LogP contribution in [0.1, 0.15) is 13.8 Å². The Bertz CT molecular complexity index is 435. The van der Waals surface area contributed by atoms with Gasteiger partial charge in [-0.05, 0) is 20.1 Å². The normalized spacial score (nSPS) is 20.3. The van der Waals surface area contributed by atoms with Crippen molar-refractivity contribution in [3.05, 3.63) is 0 Å². The summed E-state index contributed by atoms with van der Waals surface area (Å²) in [6.07, 6.45) is 2.10. The van der Waals surface area contributed by atoms with Crippen LogP contribution < -0.4 is 10.6 Å². The lowest BCUT2D eigenvalue weighted by molar-refractivity contribution is 0.299. The maximum atomic E-state index is 11.4. The third-order valence-corrected chi connectivity index (χ3v) is 6.47. The van der Waals surface area contributed by atoms with Gasteiger partial charge in [0.15, 0.2) is 15.8 Å². The number of aliphatic imine (C=N–C) groups is 1. The highest BCUT2D eigenvalue weighted by Crippen LogP contribution is 2.19. The fourth-order valence-electron chi connectivity index (χ4n) is 1.90. The second-order valence-electron chi connectivity index (χ2n) is 5.81. The Labute approximate surface area is 133 Å². The first-order valence-corrected chi connectivity index (χ1v) is 10.2. The third-order valence-electron chi connectivity index (χ3n) is 3.62. The molecule has 0 spiro atoms. The van der Waals surface area contributed by atoms with Gasteiger partial charge in [0.05, 0.1) is 11.5 Å². The van der Waals surface area contributed by atoms with Gasteiger partial charge in [0.2, 0.25) is 0 Å². The van der Waals surface area contributed by atoms with Crippen LogP contribution >= 0.6 is 11.8 Å². The van der Waals surface area contributed by atoms with Gasteiger partial charge in [0.1, 0.15) is 0 Å². The number of sulfone groups is 1. The molecule has 0 bridgehead atoms. The van der Waals surface area contributed by atoms with Gasteiger partial charge in [-0.3, -0.25) is 9.89 Å². The van der Waals surface area contributed by atoms with Crippen LogP contribution in [0.25, 0.3) is 0 Å². The van der Waals surface area contributed by atoms with Gasteiger partial charge in [-0.15, -0.1) is 0 Å². The lowest BCUT2D eigenvalue weighted by Crippen LogP contribution is -2.47. The fourth-order valence-corrected chi connectivity index (χ4v) is 3.39. The standard InChI is InChI=1S/C13H28N4O2S2/c1-13(2,20-4)11-16-12(14-3)15-5-6-17-7-9-21(18,19)10-8-17/h5-11H2,1-4H3,(H2,14,15,16). The molecule has 0 atom stereocenters. The van der Waals surface area contributed by atoms with Crippen LogP contribution in [-0.4, -0.2) is 81.6 Å². The second kappa shape index (κ2) is 8.24. The van der Waals surface area contributed by atoms with Crippen molar-refractivity contribution >= 4 is 27.6 Å². The Kier molecular flexibility index (Phi) is 7.29. The summed E-state index contributed by atoms with van der Waals surface area (Å²) in [5.41, 5.74) is 0. The number of hydrogen-bond donors (Lipinski definition) is 2. The van der Waals surface area contributed by atoms with E-state index in [-0.39, 0.29) is 16.3 Å². The summed E-state index contributed by atoms with van der Waals surface area (Å²) in [5.74, 6) is 1.35. The highest BCUT2D eigenvalue weighted by atomic mass is 32.2. The second-order valence-corrected chi connectivity index (χ2v) is 9.63. The molecule has 0 aliphatic carbocycles. The molecule has 0 aromatic carbocycles. The quantitative estimate of drug-likeness (QED) is 0.526. The zero-order valence-corrected chi connectivity index (χ0v) is 15.1. The van der Waals surface area contributed by atoms with Crippen LogP contribution in [0, 0.1) is 0 Å². The minimum atomic E-state index is -2.79. The topological polar surface area (TPSA) is 73.8 Å². The molecule has 1 rings (SSSR count). The van der Waals surface area contributed by atoms with Crippen LogP contribution in [0.2, 0.25) is 0 Å². The molecular weight excluding hydrogens is 308 g/mol. The van der Waals surface area contributed by atoms with Gasteiger partial charge < -0.3 is 10.6 Å². The van der Waals surface area contributed by atoms with Crippen molar-refractivity contribution in [1.82, 2.24) is 15.5 Å². The van der Waals surface area contributed by atoms with Crippen molar-refractivity contribution in [1.29, 1.82) is 0 Å². The molecule has 8 heteroatoms. The van der Waals surface area contributed by atoms with Crippen LogP contribution in [0.4, 0.5) is 0 Å². The average Bonchev–Trinajstić information content (AvgIpc) is 2.44. The van der Waals surface area contributed by atoms with E-state index in [4.69, 9.17) is 0 Å². The molecule has 124 valence electrons. The van der Waals surface area contributed by atoms with E-state index in [9.17, 15) is 8.42 Å². The molecule has 0 aromatic rings. The Hall–Kier alpha value is -0.470. The molecule has 0 saturated carbocycles. The fraction of sp³-hybridized carbons (Fsp3) is 0.923. The van der Waals surface area contributed by atoms with E-state index in [1.54, 1.807) is 7.05 Å². The molecule has 1 heterocycles. The first kappa shape index (κ1) is 18.6. The zero-order valence-electron chi connectivity index (χ0n) is 13.5. The molecule has 1 fully saturated rings. The number of hydrogen-bond acceptors (Lipinski definition) is 5. The molecule has 0 amide bonds. The Morgan fingerprint density at radius 2 is 1.90 bits per heavy atom. The first-order chi connectivity index (χ1) is 9.78. The molecule has 2 N–H and O–H groups in total. The average molecular weight is 337 g/mol. The summed E-state index contributed by atoms with van der Waals surface area (Å²) >= 11 is 1.82. The van der Waals surface area contributed by atoms with E-state index in [1.165, 1.54) is 0 Å². The van der Waals surface area contributed by atoms with Gasteiger partial charge >= 0.3 is 0 Å². The lowest BCUT2D eigenvalue weighted by atomic mass is 10.2. The van der Waals surface area contributed by atoms with Gasteiger partial charge in [-0.2, -0.15) is 11.8 Å². The number of thioether (sulfide) groups is 1. The highest BCUT2D eigenvalue weighted by molar-refractivity contribution is 7.99. The molecule has 21 heavy (non-hydrogen) atoms. The minimum absolute atomic E-state index is 0.166. The smallest absolute Gasteiger partial charge is 0.191 e.